The molecule has 0 amide bonds. The lowest BCUT2D eigenvalue weighted by Crippen LogP contribution is -2.24. The lowest BCUT2D eigenvalue weighted by molar-refractivity contribution is 0.0681. The molecule has 2 aliphatic rings. The molecule has 3 atom stereocenters. The summed E-state index contributed by atoms with van der Waals surface area (Å²) in [4.78, 5) is 15.1. The van der Waals surface area contributed by atoms with E-state index < -0.39 is 5.97 Å². The van der Waals surface area contributed by atoms with E-state index in [1.54, 1.807) is 12.3 Å². The van der Waals surface area contributed by atoms with Gasteiger partial charge < -0.3 is 9.84 Å². The van der Waals surface area contributed by atoms with E-state index in [2.05, 4.69) is 4.98 Å². The monoisotopic (exact) mass is 233 g/mol. The standard InChI is InChI=1S/C13H15NO3/c15-13(16)10-2-1-5-14-12(10)17-11-7-8-3-4-9(11)6-8/h1-2,5,8-9,11H,3-4,6-7H2,(H,15,16). The summed E-state index contributed by atoms with van der Waals surface area (Å²) < 4.78 is 5.81. The number of aromatic nitrogens is 1. The summed E-state index contributed by atoms with van der Waals surface area (Å²) in [6.45, 7) is 0. The van der Waals surface area contributed by atoms with E-state index in [4.69, 9.17) is 9.84 Å². The zero-order valence-electron chi connectivity index (χ0n) is 9.50. The second-order valence-electron chi connectivity index (χ2n) is 4.99. The quantitative estimate of drug-likeness (QED) is 0.870. The molecule has 2 saturated carbocycles. The molecule has 1 aromatic heterocycles. The second-order valence-corrected chi connectivity index (χ2v) is 4.99. The number of hydrogen-bond donors (Lipinski definition) is 1. The fourth-order valence-electron chi connectivity index (χ4n) is 3.12. The summed E-state index contributed by atoms with van der Waals surface area (Å²) in [6.07, 6.45) is 6.56. The molecule has 3 unspecified atom stereocenters. The van der Waals surface area contributed by atoms with Crippen molar-refractivity contribution in [3.05, 3.63) is 23.9 Å². The molecule has 4 heteroatoms. The molecule has 1 heterocycles. The Labute approximate surface area is 99.6 Å². The first-order valence-corrected chi connectivity index (χ1v) is 6.09. The minimum atomic E-state index is -0.976. The van der Waals surface area contributed by atoms with Crippen LogP contribution in [0.1, 0.15) is 36.0 Å². The minimum Gasteiger partial charge on any atom is -0.477 e. The first-order chi connectivity index (χ1) is 8.24. The third-order valence-electron chi connectivity index (χ3n) is 3.94. The highest BCUT2D eigenvalue weighted by molar-refractivity contribution is 5.90. The number of fused-ring (bicyclic) bond motifs is 2. The molecule has 0 aromatic carbocycles. The zero-order chi connectivity index (χ0) is 11.8. The summed E-state index contributed by atoms with van der Waals surface area (Å²) >= 11 is 0. The van der Waals surface area contributed by atoms with Crippen molar-refractivity contribution in [2.75, 3.05) is 0 Å². The predicted molar refractivity (Wildman–Crippen MR) is 61.1 cm³/mol. The molecule has 90 valence electrons. The van der Waals surface area contributed by atoms with Crippen LogP contribution >= 0.6 is 0 Å². The number of hydrogen-bond acceptors (Lipinski definition) is 3. The first kappa shape index (κ1) is 10.6. The molecule has 0 saturated heterocycles. The molecule has 1 N–H and O–H groups in total. The van der Waals surface area contributed by atoms with E-state index in [0.29, 0.717) is 5.92 Å². The number of carboxylic acid groups (broad SMARTS) is 1. The SMILES string of the molecule is O=C(O)c1cccnc1OC1CC2CCC1C2. The number of carboxylic acids is 1. The Morgan fingerprint density at radius 3 is 2.94 bits per heavy atom. The summed E-state index contributed by atoms with van der Waals surface area (Å²) in [5.41, 5.74) is 0.162. The average Bonchev–Trinajstić information content (AvgIpc) is 2.91. The fraction of sp³-hybridized carbons (Fsp3) is 0.538. The van der Waals surface area contributed by atoms with Crippen LogP contribution < -0.4 is 4.74 Å². The lowest BCUT2D eigenvalue weighted by Gasteiger charge is -2.22. The summed E-state index contributed by atoms with van der Waals surface area (Å²) in [5.74, 6) is 0.680. The van der Waals surface area contributed by atoms with Crippen LogP contribution in [-0.2, 0) is 0 Å². The van der Waals surface area contributed by atoms with Crippen molar-refractivity contribution in [3.8, 4) is 5.88 Å². The van der Waals surface area contributed by atoms with E-state index in [9.17, 15) is 4.79 Å². The maximum atomic E-state index is 11.0. The van der Waals surface area contributed by atoms with Gasteiger partial charge in [0.15, 0.2) is 0 Å². The van der Waals surface area contributed by atoms with Crippen LogP contribution in [-0.4, -0.2) is 22.2 Å². The number of nitrogens with zero attached hydrogens (tertiary/aromatic N) is 1. The lowest BCUT2D eigenvalue weighted by atomic mass is 9.98. The van der Waals surface area contributed by atoms with Gasteiger partial charge in [0.25, 0.3) is 0 Å². The van der Waals surface area contributed by atoms with Gasteiger partial charge in [0.1, 0.15) is 11.7 Å². The Balaban J connectivity index is 1.79. The molecule has 0 spiro atoms. The van der Waals surface area contributed by atoms with Gasteiger partial charge in [-0.25, -0.2) is 9.78 Å². The van der Waals surface area contributed by atoms with Gasteiger partial charge in [-0.05, 0) is 49.7 Å². The molecule has 1 aromatic rings. The third-order valence-corrected chi connectivity index (χ3v) is 3.94. The topological polar surface area (TPSA) is 59.4 Å². The van der Waals surface area contributed by atoms with Gasteiger partial charge in [-0.3, -0.25) is 0 Å². The second kappa shape index (κ2) is 4.02. The van der Waals surface area contributed by atoms with Gasteiger partial charge in [-0.1, -0.05) is 0 Å². The summed E-state index contributed by atoms with van der Waals surface area (Å²) in [6, 6.07) is 3.16. The van der Waals surface area contributed by atoms with Crippen molar-refractivity contribution >= 4 is 5.97 Å². The molecule has 2 fully saturated rings. The van der Waals surface area contributed by atoms with Gasteiger partial charge in [0, 0.05) is 6.20 Å². The van der Waals surface area contributed by atoms with Crippen molar-refractivity contribution in [2.24, 2.45) is 11.8 Å². The average molecular weight is 233 g/mol. The zero-order valence-corrected chi connectivity index (χ0v) is 9.50. The van der Waals surface area contributed by atoms with Crippen LogP contribution in [0.25, 0.3) is 0 Å². The van der Waals surface area contributed by atoms with Gasteiger partial charge >= 0.3 is 5.97 Å². The molecule has 2 aliphatic carbocycles. The molecule has 3 rings (SSSR count). The van der Waals surface area contributed by atoms with Crippen LogP contribution in [0.5, 0.6) is 5.88 Å². The molecular formula is C13H15NO3. The first-order valence-electron chi connectivity index (χ1n) is 6.09. The third kappa shape index (κ3) is 1.88. The number of aromatic carboxylic acids is 1. The minimum absolute atomic E-state index is 0.162. The number of ether oxygens (including phenoxy) is 1. The predicted octanol–water partition coefficient (Wildman–Crippen LogP) is 2.35. The van der Waals surface area contributed by atoms with Crippen LogP contribution in [0.2, 0.25) is 0 Å². The van der Waals surface area contributed by atoms with Gasteiger partial charge in [-0.2, -0.15) is 0 Å². The van der Waals surface area contributed by atoms with Gasteiger partial charge in [0.2, 0.25) is 5.88 Å². The Bertz CT molecular complexity index is 446. The van der Waals surface area contributed by atoms with Crippen molar-refractivity contribution in [3.63, 3.8) is 0 Å². The van der Waals surface area contributed by atoms with E-state index in [1.165, 1.54) is 25.3 Å². The smallest absolute Gasteiger partial charge is 0.341 e. The van der Waals surface area contributed by atoms with Crippen LogP contribution in [0.15, 0.2) is 18.3 Å². The number of pyridine rings is 1. The van der Waals surface area contributed by atoms with Gasteiger partial charge in [0.05, 0.1) is 0 Å². The molecular weight excluding hydrogens is 218 g/mol. The fourth-order valence-corrected chi connectivity index (χ4v) is 3.12. The Kier molecular flexibility index (Phi) is 2.50. The van der Waals surface area contributed by atoms with E-state index >= 15 is 0 Å². The van der Waals surface area contributed by atoms with E-state index in [-0.39, 0.29) is 17.5 Å². The van der Waals surface area contributed by atoms with Crippen LogP contribution in [0.4, 0.5) is 0 Å². The normalized spacial score (nSPS) is 30.5. The molecule has 4 nitrogen and oxygen atoms in total. The summed E-state index contributed by atoms with van der Waals surface area (Å²) in [5, 5.41) is 9.05. The van der Waals surface area contributed by atoms with Crippen LogP contribution in [0.3, 0.4) is 0 Å². The number of carbonyl (C=O) groups is 1. The maximum absolute atomic E-state index is 11.0. The van der Waals surface area contributed by atoms with Crippen molar-refractivity contribution < 1.29 is 14.6 Å². The highest BCUT2D eigenvalue weighted by atomic mass is 16.5. The highest BCUT2D eigenvalue weighted by Gasteiger charge is 2.41. The van der Waals surface area contributed by atoms with Crippen LogP contribution in [0, 0.1) is 11.8 Å². The van der Waals surface area contributed by atoms with Crippen molar-refractivity contribution in [2.45, 2.75) is 31.8 Å². The van der Waals surface area contributed by atoms with E-state index in [1.807, 2.05) is 0 Å². The molecule has 2 bridgehead atoms. The Morgan fingerprint density at radius 2 is 2.29 bits per heavy atom. The van der Waals surface area contributed by atoms with Crippen molar-refractivity contribution in [1.29, 1.82) is 0 Å². The highest BCUT2D eigenvalue weighted by Crippen LogP contribution is 2.46. The molecule has 0 aliphatic heterocycles. The largest absolute Gasteiger partial charge is 0.477 e. The number of rotatable bonds is 3. The Hall–Kier alpha value is -1.58. The molecule has 17 heavy (non-hydrogen) atoms. The maximum Gasteiger partial charge on any atom is 0.341 e. The van der Waals surface area contributed by atoms with E-state index in [0.717, 1.165) is 12.3 Å². The molecule has 0 radical (unpaired) electrons. The van der Waals surface area contributed by atoms with Gasteiger partial charge in [-0.15, -0.1) is 0 Å². The summed E-state index contributed by atoms with van der Waals surface area (Å²) in [7, 11) is 0. The Morgan fingerprint density at radius 1 is 1.41 bits per heavy atom. The van der Waals surface area contributed by atoms with Crippen molar-refractivity contribution in [1.82, 2.24) is 4.98 Å².